The Kier molecular flexibility index (Phi) is 7.16. The van der Waals surface area contributed by atoms with Crippen molar-refractivity contribution in [3.8, 4) is 11.5 Å². The molecule has 0 fully saturated rings. The van der Waals surface area contributed by atoms with Crippen LogP contribution in [-0.2, 0) is 10.0 Å². The zero-order valence-electron chi connectivity index (χ0n) is 17.5. The summed E-state index contributed by atoms with van der Waals surface area (Å²) < 4.78 is 37.7. The molecule has 154 valence electrons. The molecule has 0 saturated heterocycles. The predicted octanol–water partition coefficient (Wildman–Crippen LogP) is 3.29. The van der Waals surface area contributed by atoms with Gasteiger partial charge in [0, 0.05) is 25.6 Å². The van der Waals surface area contributed by atoms with Crippen molar-refractivity contribution in [2.75, 3.05) is 39.5 Å². The SMILES string of the molecule is CCN(CC)CCCOc1ccc2c(c1)C(N(C)S(C)(=O)=O)CC(C)(C)O2. The summed E-state index contributed by atoms with van der Waals surface area (Å²) in [5, 5.41) is 0. The summed E-state index contributed by atoms with van der Waals surface area (Å²) in [7, 11) is -1.69. The molecule has 0 aliphatic carbocycles. The van der Waals surface area contributed by atoms with Crippen molar-refractivity contribution in [3.63, 3.8) is 0 Å². The van der Waals surface area contributed by atoms with Gasteiger partial charge in [-0.2, -0.15) is 4.31 Å². The Labute approximate surface area is 164 Å². The van der Waals surface area contributed by atoms with Crippen LogP contribution in [0, 0.1) is 0 Å². The van der Waals surface area contributed by atoms with Gasteiger partial charge in [-0.3, -0.25) is 0 Å². The van der Waals surface area contributed by atoms with E-state index in [0.717, 1.165) is 43.1 Å². The molecule has 1 aliphatic heterocycles. The minimum atomic E-state index is -3.31. The van der Waals surface area contributed by atoms with E-state index in [1.165, 1.54) is 10.6 Å². The molecule has 0 aromatic heterocycles. The lowest BCUT2D eigenvalue weighted by Gasteiger charge is -2.40. The fourth-order valence-corrected chi connectivity index (χ4v) is 4.11. The number of rotatable bonds is 9. The van der Waals surface area contributed by atoms with Gasteiger partial charge in [-0.05, 0) is 51.6 Å². The molecule has 0 spiro atoms. The van der Waals surface area contributed by atoms with Gasteiger partial charge in [0.25, 0.3) is 0 Å². The lowest BCUT2D eigenvalue weighted by atomic mass is 9.89. The van der Waals surface area contributed by atoms with E-state index in [0.29, 0.717) is 13.0 Å². The minimum absolute atomic E-state index is 0.266. The van der Waals surface area contributed by atoms with Crippen molar-refractivity contribution in [1.29, 1.82) is 0 Å². The highest BCUT2D eigenvalue weighted by Crippen LogP contribution is 2.44. The molecule has 1 aliphatic rings. The molecule has 2 rings (SSSR count). The van der Waals surface area contributed by atoms with Crippen molar-refractivity contribution in [2.24, 2.45) is 0 Å². The van der Waals surface area contributed by atoms with Gasteiger partial charge in [-0.15, -0.1) is 0 Å². The summed E-state index contributed by atoms with van der Waals surface area (Å²) >= 11 is 0. The first-order valence-corrected chi connectivity index (χ1v) is 11.5. The van der Waals surface area contributed by atoms with Crippen LogP contribution >= 0.6 is 0 Å². The fraction of sp³-hybridized carbons (Fsp3) is 0.700. The minimum Gasteiger partial charge on any atom is -0.494 e. The summed E-state index contributed by atoms with van der Waals surface area (Å²) in [6.07, 6.45) is 2.78. The number of ether oxygens (including phenoxy) is 2. The van der Waals surface area contributed by atoms with Crippen LogP contribution in [0.4, 0.5) is 0 Å². The average Bonchev–Trinajstić information content (AvgIpc) is 2.59. The normalized spacial score (nSPS) is 19.0. The van der Waals surface area contributed by atoms with Crippen molar-refractivity contribution in [3.05, 3.63) is 23.8 Å². The van der Waals surface area contributed by atoms with Gasteiger partial charge in [0.2, 0.25) is 10.0 Å². The molecule has 0 N–H and O–H groups in total. The van der Waals surface area contributed by atoms with Gasteiger partial charge in [0.15, 0.2) is 0 Å². The van der Waals surface area contributed by atoms with E-state index < -0.39 is 15.6 Å². The van der Waals surface area contributed by atoms with Crippen LogP contribution in [0.15, 0.2) is 18.2 Å². The molecule has 27 heavy (non-hydrogen) atoms. The standard InChI is InChI=1S/C20H34N2O4S/c1-7-22(8-2)12-9-13-25-16-10-11-19-17(14-16)18(15-20(3,4)26-19)21(5)27(6,23)24/h10-11,14,18H,7-9,12-13,15H2,1-6H3. The van der Waals surface area contributed by atoms with Crippen molar-refractivity contribution in [1.82, 2.24) is 9.21 Å². The molecule has 1 aromatic carbocycles. The number of nitrogens with zero attached hydrogens (tertiary/aromatic N) is 2. The fourth-order valence-electron chi connectivity index (χ4n) is 3.46. The molecule has 6 nitrogen and oxygen atoms in total. The number of fused-ring (bicyclic) bond motifs is 1. The Morgan fingerprint density at radius 1 is 1.26 bits per heavy atom. The maximum atomic E-state index is 12.1. The monoisotopic (exact) mass is 398 g/mol. The van der Waals surface area contributed by atoms with Crippen molar-refractivity contribution < 1.29 is 17.9 Å². The second-order valence-corrected chi connectivity index (χ2v) is 9.83. The first-order chi connectivity index (χ1) is 12.6. The first kappa shape index (κ1) is 22.0. The van der Waals surface area contributed by atoms with Crippen LogP contribution in [0.1, 0.15) is 52.1 Å². The molecule has 0 radical (unpaired) electrons. The van der Waals surface area contributed by atoms with Crippen LogP contribution in [0.2, 0.25) is 0 Å². The molecule has 1 heterocycles. The molecule has 1 atom stereocenters. The molecule has 1 aromatic rings. The number of benzene rings is 1. The van der Waals surface area contributed by atoms with Crippen LogP contribution < -0.4 is 9.47 Å². The number of sulfonamides is 1. The van der Waals surface area contributed by atoms with E-state index in [9.17, 15) is 8.42 Å². The van der Waals surface area contributed by atoms with Gasteiger partial charge in [-0.1, -0.05) is 13.8 Å². The molecule has 0 amide bonds. The predicted molar refractivity (Wildman–Crippen MR) is 109 cm³/mol. The summed E-state index contributed by atoms with van der Waals surface area (Å²) in [6.45, 7) is 12.0. The van der Waals surface area contributed by atoms with Crippen LogP contribution in [-0.4, -0.2) is 62.8 Å². The third-order valence-corrected chi connectivity index (χ3v) is 6.46. The molecule has 1 unspecified atom stereocenters. The van der Waals surface area contributed by atoms with Crippen LogP contribution in [0.5, 0.6) is 11.5 Å². The molecule has 7 heteroatoms. The van der Waals surface area contributed by atoms with Crippen molar-refractivity contribution in [2.45, 2.75) is 52.2 Å². The van der Waals surface area contributed by atoms with E-state index in [2.05, 4.69) is 18.7 Å². The molecule has 0 saturated carbocycles. The summed E-state index contributed by atoms with van der Waals surface area (Å²) in [4.78, 5) is 2.36. The highest BCUT2D eigenvalue weighted by molar-refractivity contribution is 7.88. The van der Waals surface area contributed by atoms with Gasteiger partial charge in [0.05, 0.1) is 18.9 Å². The Morgan fingerprint density at radius 3 is 2.52 bits per heavy atom. The Hall–Kier alpha value is -1.31. The van der Waals surface area contributed by atoms with E-state index in [-0.39, 0.29) is 6.04 Å². The molecular weight excluding hydrogens is 364 g/mol. The molecular formula is C20H34N2O4S. The second kappa shape index (κ2) is 8.80. The summed E-state index contributed by atoms with van der Waals surface area (Å²) in [6, 6.07) is 5.45. The Morgan fingerprint density at radius 2 is 1.93 bits per heavy atom. The Balaban J connectivity index is 2.15. The van der Waals surface area contributed by atoms with Crippen LogP contribution in [0.25, 0.3) is 0 Å². The third kappa shape index (κ3) is 5.83. The smallest absolute Gasteiger partial charge is 0.211 e. The average molecular weight is 399 g/mol. The first-order valence-electron chi connectivity index (χ1n) is 9.68. The third-order valence-electron chi connectivity index (χ3n) is 5.16. The number of hydrogen-bond acceptors (Lipinski definition) is 5. The zero-order valence-corrected chi connectivity index (χ0v) is 18.3. The van der Waals surface area contributed by atoms with Crippen LogP contribution in [0.3, 0.4) is 0 Å². The van der Waals surface area contributed by atoms with E-state index >= 15 is 0 Å². The lowest BCUT2D eigenvalue weighted by Crippen LogP contribution is -2.41. The largest absolute Gasteiger partial charge is 0.494 e. The van der Waals surface area contributed by atoms with E-state index in [1.807, 2.05) is 32.0 Å². The summed E-state index contributed by atoms with van der Waals surface area (Å²) in [5.41, 5.74) is 0.437. The maximum Gasteiger partial charge on any atom is 0.211 e. The lowest BCUT2D eigenvalue weighted by molar-refractivity contribution is 0.0540. The highest BCUT2D eigenvalue weighted by Gasteiger charge is 2.38. The van der Waals surface area contributed by atoms with Gasteiger partial charge in [0.1, 0.15) is 17.1 Å². The number of hydrogen-bond donors (Lipinski definition) is 0. The van der Waals surface area contributed by atoms with E-state index in [1.54, 1.807) is 7.05 Å². The van der Waals surface area contributed by atoms with E-state index in [4.69, 9.17) is 9.47 Å². The quantitative estimate of drug-likeness (QED) is 0.598. The van der Waals surface area contributed by atoms with Gasteiger partial charge >= 0.3 is 0 Å². The summed E-state index contributed by atoms with van der Waals surface area (Å²) in [5.74, 6) is 1.48. The topological polar surface area (TPSA) is 59.1 Å². The van der Waals surface area contributed by atoms with Gasteiger partial charge < -0.3 is 14.4 Å². The maximum absolute atomic E-state index is 12.1. The van der Waals surface area contributed by atoms with Crippen molar-refractivity contribution >= 4 is 10.0 Å². The molecule has 0 bridgehead atoms. The highest BCUT2D eigenvalue weighted by atomic mass is 32.2. The zero-order chi connectivity index (χ0) is 20.2. The van der Waals surface area contributed by atoms with Gasteiger partial charge in [-0.25, -0.2) is 8.42 Å². The Bertz CT molecular complexity index is 729. The second-order valence-electron chi connectivity index (χ2n) is 7.79.